The largest absolute Gasteiger partial charge is 0.468 e. The predicted molar refractivity (Wildman–Crippen MR) is 83.8 cm³/mol. The number of hydrogen-bond donors (Lipinski definition) is 0. The molecule has 0 aromatic heterocycles. The number of methoxy groups -OCH3 is 1. The van der Waals surface area contributed by atoms with E-state index in [0.29, 0.717) is 32.4 Å². The molecule has 1 saturated heterocycles. The molecule has 23 heavy (non-hydrogen) atoms. The van der Waals surface area contributed by atoms with Gasteiger partial charge in [-0.05, 0) is 46.5 Å². The smallest absolute Gasteiger partial charge is 0.410 e. The Morgan fingerprint density at radius 1 is 1.17 bits per heavy atom. The molecule has 130 valence electrons. The molecule has 0 aromatic carbocycles. The van der Waals surface area contributed by atoms with E-state index >= 15 is 0 Å². The molecule has 0 N–H and O–H groups in total. The minimum atomic E-state index is -0.637. The summed E-state index contributed by atoms with van der Waals surface area (Å²) < 4.78 is 10.1. The van der Waals surface area contributed by atoms with Gasteiger partial charge in [0.05, 0.1) is 7.11 Å². The first-order chi connectivity index (χ1) is 10.7. The molecule has 2 aliphatic rings. The second-order valence-electron chi connectivity index (χ2n) is 7.58. The van der Waals surface area contributed by atoms with Crippen molar-refractivity contribution in [2.24, 2.45) is 11.3 Å². The number of esters is 1. The van der Waals surface area contributed by atoms with E-state index in [-0.39, 0.29) is 11.9 Å². The summed E-state index contributed by atoms with van der Waals surface area (Å²) in [7, 11) is 1.32. The highest BCUT2D eigenvalue weighted by atomic mass is 16.6. The van der Waals surface area contributed by atoms with E-state index < -0.39 is 22.9 Å². The van der Waals surface area contributed by atoms with Gasteiger partial charge in [0.15, 0.2) is 5.78 Å². The number of nitrogens with zero attached hydrogens (tertiary/aromatic N) is 1. The molecule has 2 rings (SSSR count). The van der Waals surface area contributed by atoms with Gasteiger partial charge >= 0.3 is 12.1 Å². The number of piperidine rings is 1. The molecule has 1 saturated carbocycles. The summed E-state index contributed by atoms with van der Waals surface area (Å²) in [5.41, 5.74) is -1.00. The Hall–Kier alpha value is -1.59. The zero-order chi connectivity index (χ0) is 17.3. The number of likely N-dealkylation sites (tertiary alicyclic amines) is 1. The third-order valence-corrected chi connectivity index (χ3v) is 4.85. The van der Waals surface area contributed by atoms with Crippen LogP contribution in [0.4, 0.5) is 4.79 Å². The highest BCUT2D eigenvalue weighted by Gasteiger charge is 2.49. The lowest BCUT2D eigenvalue weighted by atomic mass is 9.63. The fraction of sp³-hybridized carbons (Fsp3) is 0.824. The van der Waals surface area contributed by atoms with E-state index in [1.54, 1.807) is 4.90 Å². The summed E-state index contributed by atoms with van der Waals surface area (Å²) in [4.78, 5) is 38.4. The van der Waals surface area contributed by atoms with Gasteiger partial charge in [0, 0.05) is 18.5 Å². The third kappa shape index (κ3) is 3.85. The zero-order valence-electron chi connectivity index (χ0n) is 14.5. The lowest BCUT2D eigenvalue weighted by molar-refractivity contribution is -0.156. The highest BCUT2D eigenvalue weighted by Crippen LogP contribution is 2.44. The van der Waals surface area contributed by atoms with Gasteiger partial charge in [-0.1, -0.05) is 6.42 Å². The van der Waals surface area contributed by atoms with Crippen molar-refractivity contribution in [3.63, 3.8) is 0 Å². The summed E-state index contributed by atoms with van der Waals surface area (Å²) in [5, 5.41) is 0. The minimum Gasteiger partial charge on any atom is -0.468 e. The first kappa shape index (κ1) is 17.8. The van der Waals surface area contributed by atoms with Crippen molar-refractivity contribution in [1.82, 2.24) is 4.90 Å². The molecule has 0 bridgehead atoms. The van der Waals surface area contributed by atoms with E-state index in [9.17, 15) is 14.4 Å². The maximum Gasteiger partial charge on any atom is 0.410 e. The van der Waals surface area contributed by atoms with Crippen LogP contribution >= 0.6 is 0 Å². The quantitative estimate of drug-likeness (QED) is 0.547. The normalized spacial score (nSPS) is 24.4. The Kier molecular flexibility index (Phi) is 5.01. The van der Waals surface area contributed by atoms with Crippen molar-refractivity contribution >= 4 is 17.8 Å². The number of ether oxygens (including phenoxy) is 2. The Labute approximate surface area is 137 Å². The molecule has 1 unspecified atom stereocenters. The molecule has 1 amide bonds. The molecular weight excluding hydrogens is 298 g/mol. The molecule has 1 aliphatic carbocycles. The predicted octanol–water partition coefficient (Wildman–Crippen LogP) is 2.55. The van der Waals surface area contributed by atoms with Crippen LogP contribution in [0.2, 0.25) is 0 Å². The van der Waals surface area contributed by atoms with Crippen molar-refractivity contribution in [1.29, 1.82) is 0 Å². The van der Waals surface area contributed by atoms with Gasteiger partial charge < -0.3 is 14.4 Å². The van der Waals surface area contributed by atoms with Crippen LogP contribution in [0.25, 0.3) is 0 Å². The average Bonchev–Trinajstić information content (AvgIpc) is 2.48. The molecule has 2 fully saturated rings. The lowest BCUT2D eigenvalue weighted by Crippen LogP contribution is -2.51. The first-order valence-electron chi connectivity index (χ1n) is 8.29. The number of carbonyl (C=O) groups is 3. The summed E-state index contributed by atoms with van der Waals surface area (Å²) in [6, 6.07) is 0. The number of Topliss-reactive ketones (excluding diaryl/α,β-unsaturated/α-hetero) is 1. The molecule has 1 heterocycles. The van der Waals surface area contributed by atoms with Gasteiger partial charge in [-0.2, -0.15) is 0 Å². The van der Waals surface area contributed by atoms with E-state index in [1.165, 1.54) is 7.11 Å². The van der Waals surface area contributed by atoms with Gasteiger partial charge in [0.2, 0.25) is 0 Å². The standard InChI is InChI=1S/C17H27NO5/c1-16(2,3)23-15(21)18-10-8-17(9-11-18)7-5-6-12(13(17)19)14(20)22-4/h12H,5-11H2,1-4H3. The van der Waals surface area contributed by atoms with Crippen molar-refractivity contribution in [3.8, 4) is 0 Å². The van der Waals surface area contributed by atoms with Gasteiger partial charge in [-0.25, -0.2) is 4.79 Å². The van der Waals surface area contributed by atoms with E-state index in [1.807, 2.05) is 20.8 Å². The Bertz CT molecular complexity index is 486. The van der Waals surface area contributed by atoms with Crippen LogP contribution in [0.3, 0.4) is 0 Å². The third-order valence-electron chi connectivity index (χ3n) is 4.85. The fourth-order valence-corrected chi connectivity index (χ4v) is 3.58. The molecule has 6 nitrogen and oxygen atoms in total. The van der Waals surface area contributed by atoms with Gasteiger partial charge in [0.25, 0.3) is 0 Å². The number of carbonyl (C=O) groups excluding carboxylic acids is 3. The van der Waals surface area contributed by atoms with Gasteiger partial charge in [-0.15, -0.1) is 0 Å². The van der Waals surface area contributed by atoms with Crippen LogP contribution < -0.4 is 0 Å². The van der Waals surface area contributed by atoms with Crippen LogP contribution in [0.5, 0.6) is 0 Å². The summed E-state index contributed by atoms with van der Waals surface area (Å²) in [6.07, 6.45) is 3.07. The second kappa shape index (κ2) is 6.49. The van der Waals surface area contributed by atoms with Crippen LogP contribution in [0, 0.1) is 11.3 Å². The second-order valence-corrected chi connectivity index (χ2v) is 7.58. The molecule has 6 heteroatoms. The van der Waals surface area contributed by atoms with Crippen LogP contribution in [-0.4, -0.2) is 48.5 Å². The first-order valence-corrected chi connectivity index (χ1v) is 8.29. The summed E-state index contributed by atoms with van der Waals surface area (Å²) >= 11 is 0. The van der Waals surface area contributed by atoms with E-state index in [4.69, 9.17) is 9.47 Å². The lowest BCUT2D eigenvalue weighted by Gasteiger charge is -2.44. The number of ketones is 1. The van der Waals surface area contributed by atoms with Gasteiger partial charge in [-0.3, -0.25) is 9.59 Å². The summed E-state index contributed by atoms with van der Waals surface area (Å²) in [5.74, 6) is -1.06. The zero-order valence-corrected chi connectivity index (χ0v) is 14.5. The molecule has 1 spiro atoms. The monoisotopic (exact) mass is 325 g/mol. The van der Waals surface area contributed by atoms with Crippen LogP contribution in [0.1, 0.15) is 52.9 Å². The van der Waals surface area contributed by atoms with Crippen LogP contribution in [0.15, 0.2) is 0 Å². The highest BCUT2D eigenvalue weighted by molar-refractivity contribution is 6.02. The van der Waals surface area contributed by atoms with Crippen molar-refractivity contribution in [3.05, 3.63) is 0 Å². The van der Waals surface area contributed by atoms with Crippen molar-refractivity contribution < 1.29 is 23.9 Å². The fourth-order valence-electron chi connectivity index (χ4n) is 3.58. The van der Waals surface area contributed by atoms with E-state index in [0.717, 1.165) is 12.8 Å². The number of hydrogen-bond acceptors (Lipinski definition) is 5. The maximum atomic E-state index is 12.8. The van der Waals surface area contributed by atoms with Gasteiger partial charge in [0.1, 0.15) is 11.5 Å². The Balaban J connectivity index is 2.01. The number of amides is 1. The molecule has 1 aliphatic heterocycles. The molecule has 0 aromatic rings. The van der Waals surface area contributed by atoms with E-state index in [2.05, 4.69) is 0 Å². The SMILES string of the molecule is COC(=O)C1CCCC2(CCN(C(=O)OC(C)(C)C)CC2)C1=O. The topological polar surface area (TPSA) is 72.9 Å². The van der Waals surface area contributed by atoms with Crippen LogP contribution in [-0.2, 0) is 19.1 Å². The average molecular weight is 325 g/mol. The summed E-state index contributed by atoms with van der Waals surface area (Å²) in [6.45, 7) is 6.50. The Morgan fingerprint density at radius 3 is 2.30 bits per heavy atom. The number of rotatable bonds is 1. The molecule has 0 radical (unpaired) electrons. The van der Waals surface area contributed by atoms with Crippen molar-refractivity contribution in [2.45, 2.75) is 58.5 Å². The minimum absolute atomic E-state index is 0.000520. The molecular formula is C17H27NO5. The van der Waals surface area contributed by atoms with Crippen molar-refractivity contribution in [2.75, 3.05) is 20.2 Å². The maximum absolute atomic E-state index is 12.8. The Morgan fingerprint density at radius 2 is 1.78 bits per heavy atom. The molecule has 1 atom stereocenters.